The lowest BCUT2D eigenvalue weighted by Crippen LogP contribution is -2.18. The van der Waals surface area contributed by atoms with Gasteiger partial charge < -0.3 is 10.1 Å². The van der Waals surface area contributed by atoms with Gasteiger partial charge in [0.2, 0.25) is 0 Å². The maximum atomic E-state index is 11.0. The topological polar surface area (TPSA) is 38.3 Å². The van der Waals surface area contributed by atoms with Crippen LogP contribution in [0, 0.1) is 5.92 Å². The molecule has 3 heteroatoms. The largest absolute Gasteiger partial charge is 0.463 e. The van der Waals surface area contributed by atoms with Gasteiger partial charge in [-0.25, -0.2) is 4.79 Å². The molecule has 0 unspecified atom stereocenters. The van der Waals surface area contributed by atoms with Gasteiger partial charge in [0.15, 0.2) is 0 Å². The smallest absolute Gasteiger partial charge is 0.332 e. The monoisotopic (exact) mass is 185 g/mol. The summed E-state index contributed by atoms with van der Waals surface area (Å²) in [5.41, 5.74) is 0.854. The molecule has 0 atom stereocenters. The Morgan fingerprint density at radius 2 is 2.15 bits per heavy atom. The number of carbonyl (C=O) groups is 1. The van der Waals surface area contributed by atoms with Gasteiger partial charge in [-0.1, -0.05) is 13.8 Å². The highest BCUT2D eigenvalue weighted by Gasteiger charge is 1.98. The van der Waals surface area contributed by atoms with Gasteiger partial charge in [0, 0.05) is 18.3 Å². The van der Waals surface area contributed by atoms with Crippen LogP contribution in [0.25, 0.3) is 0 Å². The molecule has 0 amide bonds. The van der Waals surface area contributed by atoms with Gasteiger partial charge in [-0.3, -0.25) is 0 Å². The van der Waals surface area contributed by atoms with Crippen molar-refractivity contribution in [2.45, 2.75) is 27.7 Å². The van der Waals surface area contributed by atoms with Crippen molar-refractivity contribution >= 4 is 5.97 Å². The molecule has 0 saturated carbocycles. The molecule has 0 aliphatic heterocycles. The summed E-state index contributed by atoms with van der Waals surface area (Å²) in [4.78, 5) is 11.0. The fourth-order valence-electron chi connectivity index (χ4n) is 0.777. The van der Waals surface area contributed by atoms with E-state index in [9.17, 15) is 4.79 Å². The third-order valence-corrected chi connectivity index (χ3v) is 1.41. The minimum absolute atomic E-state index is 0.281. The molecule has 3 nitrogen and oxygen atoms in total. The highest BCUT2D eigenvalue weighted by atomic mass is 16.5. The lowest BCUT2D eigenvalue weighted by atomic mass is 10.2. The first-order valence-electron chi connectivity index (χ1n) is 4.65. The molecule has 1 N–H and O–H groups in total. The van der Waals surface area contributed by atoms with Crippen LogP contribution in [-0.4, -0.2) is 19.1 Å². The van der Waals surface area contributed by atoms with Crippen molar-refractivity contribution in [2.24, 2.45) is 5.92 Å². The van der Waals surface area contributed by atoms with Crippen molar-refractivity contribution in [1.29, 1.82) is 0 Å². The number of hydrogen-bond donors (Lipinski definition) is 1. The molecule has 76 valence electrons. The Morgan fingerprint density at radius 3 is 2.62 bits per heavy atom. The van der Waals surface area contributed by atoms with Gasteiger partial charge in [-0.05, 0) is 19.8 Å². The standard InChI is InChI=1S/C10H19NO2/c1-5-13-10(12)6-9(4)11-7-8(2)3/h6,8,11H,5,7H2,1-4H3. The van der Waals surface area contributed by atoms with Crippen molar-refractivity contribution in [2.75, 3.05) is 13.2 Å². The van der Waals surface area contributed by atoms with Crippen LogP contribution in [-0.2, 0) is 9.53 Å². The number of carbonyl (C=O) groups excluding carboxylic acids is 1. The fraction of sp³-hybridized carbons (Fsp3) is 0.700. The van der Waals surface area contributed by atoms with Gasteiger partial charge in [-0.2, -0.15) is 0 Å². The molecule has 0 aliphatic rings. The molecule has 0 radical (unpaired) electrons. The highest BCUT2D eigenvalue weighted by molar-refractivity contribution is 5.82. The van der Waals surface area contributed by atoms with Gasteiger partial charge in [0.25, 0.3) is 0 Å². The van der Waals surface area contributed by atoms with E-state index in [1.54, 1.807) is 6.92 Å². The van der Waals surface area contributed by atoms with E-state index < -0.39 is 0 Å². The molecule has 13 heavy (non-hydrogen) atoms. The van der Waals surface area contributed by atoms with E-state index in [-0.39, 0.29) is 5.97 Å². The van der Waals surface area contributed by atoms with Gasteiger partial charge in [0.1, 0.15) is 0 Å². The molecule has 0 bridgehead atoms. The van der Waals surface area contributed by atoms with Crippen LogP contribution in [0.15, 0.2) is 11.8 Å². The second-order valence-electron chi connectivity index (χ2n) is 3.35. The number of ether oxygens (including phenoxy) is 1. The zero-order valence-electron chi connectivity index (χ0n) is 8.89. The zero-order chi connectivity index (χ0) is 10.3. The summed E-state index contributed by atoms with van der Waals surface area (Å²) in [6.45, 7) is 9.19. The molecular weight excluding hydrogens is 166 g/mol. The molecule has 0 aliphatic carbocycles. The molecule has 0 aromatic rings. The molecule has 0 saturated heterocycles. The van der Waals surface area contributed by atoms with Crippen LogP contribution in [0.1, 0.15) is 27.7 Å². The van der Waals surface area contributed by atoms with E-state index in [1.165, 1.54) is 6.08 Å². The van der Waals surface area contributed by atoms with Crippen molar-refractivity contribution in [1.82, 2.24) is 5.32 Å². The van der Waals surface area contributed by atoms with E-state index >= 15 is 0 Å². The summed E-state index contributed by atoms with van der Waals surface area (Å²) in [5.74, 6) is 0.293. The van der Waals surface area contributed by atoms with Gasteiger partial charge in [0.05, 0.1) is 6.61 Å². The lowest BCUT2D eigenvalue weighted by Gasteiger charge is -2.08. The molecule has 0 rings (SSSR count). The number of rotatable bonds is 5. The molecule has 0 aromatic heterocycles. The maximum Gasteiger partial charge on any atom is 0.332 e. The quantitative estimate of drug-likeness (QED) is 0.523. The van der Waals surface area contributed by atoms with Crippen molar-refractivity contribution in [3.05, 3.63) is 11.8 Å². The number of esters is 1. The van der Waals surface area contributed by atoms with Crippen LogP contribution < -0.4 is 5.32 Å². The van der Waals surface area contributed by atoms with Crippen molar-refractivity contribution in [3.63, 3.8) is 0 Å². The van der Waals surface area contributed by atoms with Crippen LogP contribution in [0.3, 0.4) is 0 Å². The predicted octanol–water partition coefficient (Wildman–Crippen LogP) is 1.70. The van der Waals surface area contributed by atoms with Crippen LogP contribution in [0.2, 0.25) is 0 Å². The van der Waals surface area contributed by atoms with E-state index in [4.69, 9.17) is 4.74 Å². The van der Waals surface area contributed by atoms with Gasteiger partial charge >= 0.3 is 5.97 Å². The van der Waals surface area contributed by atoms with Crippen molar-refractivity contribution in [3.8, 4) is 0 Å². The molecule has 0 fully saturated rings. The van der Waals surface area contributed by atoms with E-state index in [1.807, 2.05) is 6.92 Å². The first-order valence-corrected chi connectivity index (χ1v) is 4.65. The summed E-state index contributed by atoms with van der Waals surface area (Å²) >= 11 is 0. The Balaban J connectivity index is 3.80. The van der Waals surface area contributed by atoms with Crippen LogP contribution >= 0.6 is 0 Å². The van der Waals surface area contributed by atoms with E-state index in [2.05, 4.69) is 19.2 Å². The maximum absolute atomic E-state index is 11.0. The lowest BCUT2D eigenvalue weighted by molar-refractivity contribution is -0.137. The Morgan fingerprint density at radius 1 is 1.54 bits per heavy atom. The van der Waals surface area contributed by atoms with Crippen molar-refractivity contribution < 1.29 is 9.53 Å². The Labute approximate surface area is 80.2 Å². The third-order valence-electron chi connectivity index (χ3n) is 1.41. The first-order chi connectivity index (χ1) is 6.06. The summed E-state index contributed by atoms with van der Waals surface area (Å²) in [6, 6.07) is 0. The third kappa shape index (κ3) is 7.37. The molecule has 0 spiro atoms. The minimum atomic E-state index is -0.281. The summed E-state index contributed by atoms with van der Waals surface area (Å²) in [5, 5.41) is 3.13. The van der Waals surface area contributed by atoms with Crippen LogP contribution in [0.4, 0.5) is 0 Å². The second kappa shape index (κ2) is 6.52. The molecule has 0 aromatic carbocycles. The molecular formula is C10H19NO2. The first kappa shape index (κ1) is 12.0. The summed E-state index contributed by atoms with van der Waals surface area (Å²) in [7, 11) is 0. The Kier molecular flexibility index (Phi) is 6.02. The second-order valence-corrected chi connectivity index (χ2v) is 3.35. The SMILES string of the molecule is CCOC(=O)C=C(C)NCC(C)C. The highest BCUT2D eigenvalue weighted by Crippen LogP contribution is 1.93. The van der Waals surface area contributed by atoms with E-state index in [0.29, 0.717) is 12.5 Å². The van der Waals surface area contributed by atoms with E-state index in [0.717, 1.165) is 12.2 Å². The molecule has 0 heterocycles. The normalized spacial score (nSPS) is 11.6. The average Bonchev–Trinajstić information content (AvgIpc) is 2.01. The van der Waals surface area contributed by atoms with Gasteiger partial charge in [-0.15, -0.1) is 0 Å². The number of nitrogens with one attached hydrogen (secondary N) is 1. The summed E-state index contributed by atoms with van der Waals surface area (Å²) in [6.07, 6.45) is 1.48. The predicted molar refractivity (Wildman–Crippen MR) is 53.2 cm³/mol. The fourth-order valence-corrected chi connectivity index (χ4v) is 0.777. The number of hydrogen-bond acceptors (Lipinski definition) is 3. The Hall–Kier alpha value is -0.990. The van der Waals surface area contributed by atoms with Crippen LogP contribution in [0.5, 0.6) is 0 Å². The summed E-state index contributed by atoms with van der Waals surface area (Å²) < 4.78 is 4.76. The number of allylic oxidation sites excluding steroid dienone is 1. The zero-order valence-corrected chi connectivity index (χ0v) is 8.89. The Bertz CT molecular complexity index is 185. The average molecular weight is 185 g/mol. The minimum Gasteiger partial charge on any atom is -0.463 e.